The molecular formula is C24H26N4OS3. The highest BCUT2D eigenvalue weighted by Gasteiger charge is 2.22. The molecule has 0 spiro atoms. The summed E-state index contributed by atoms with van der Waals surface area (Å²) in [5.74, 6) is 1.72. The molecule has 32 heavy (non-hydrogen) atoms. The third-order valence-electron chi connectivity index (χ3n) is 5.59. The number of ether oxygens (including phenoxy) is 1. The fourth-order valence-corrected chi connectivity index (χ4v) is 6.37. The van der Waals surface area contributed by atoms with Crippen molar-refractivity contribution in [2.24, 2.45) is 0 Å². The molecule has 0 amide bonds. The monoisotopic (exact) mass is 482 g/mol. The van der Waals surface area contributed by atoms with E-state index in [4.69, 9.17) is 9.72 Å². The molecule has 1 aliphatic heterocycles. The second-order valence-electron chi connectivity index (χ2n) is 8.01. The number of hydrogen-bond donors (Lipinski definition) is 0. The van der Waals surface area contributed by atoms with E-state index in [-0.39, 0.29) is 6.10 Å². The van der Waals surface area contributed by atoms with Crippen molar-refractivity contribution in [2.45, 2.75) is 56.7 Å². The van der Waals surface area contributed by atoms with Crippen molar-refractivity contribution in [3.05, 3.63) is 57.2 Å². The van der Waals surface area contributed by atoms with E-state index in [2.05, 4.69) is 69.7 Å². The predicted octanol–water partition coefficient (Wildman–Crippen LogP) is 6.47. The lowest BCUT2D eigenvalue weighted by atomic mass is 10.2. The molecule has 0 aliphatic carbocycles. The van der Waals surface area contributed by atoms with Gasteiger partial charge in [-0.3, -0.25) is 4.57 Å². The van der Waals surface area contributed by atoms with Gasteiger partial charge >= 0.3 is 0 Å². The number of aromatic nitrogens is 4. The number of nitrogens with zero attached hydrogens (tertiary/aromatic N) is 4. The summed E-state index contributed by atoms with van der Waals surface area (Å²) < 4.78 is 8.17. The first kappa shape index (κ1) is 21.8. The van der Waals surface area contributed by atoms with Crippen molar-refractivity contribution in [1.29, 1.82) is 0 Å². The average Bonchev–Trinajstić information content (AvgIpc) is 3.60. The van der Waals surface area contributed by atoms with Crippen LogP contribution in [0.3, 0.4) is 0 Å². The van der Waals surface area contributed by atoms with Crippen LogP contribution in [0.5, 0.6) is 0 Å². The molecule has 4 heterocycles. The molecule has 3 aromatic heterocycles. The minimum atomic E-state index is 0.237. The summed E-state index contributed by atoms with van der Waals surface area (Å²) in [5.41, 5.74) is 4.66. The van der Waals surface area contributed by atoms with Crippen LogP contribution in [-0.4, -0.2) is 32.5 Å². The number of hydrogen-bond acceptors (Lipinski definition) is 7. The Morgan fingerprint density at radius 3 is 2.75 bits per heavy atom. The van der Waals surface area contributed by atoms with Gasteiger partial charge < -0.3 is 4.74 Å². The standard InChI is InChI=1S/C24H26N4OS3/c1-3-21-11-18(13-30-21)22-26-27-24(28(22)12-20-5-4-10-29-20)32-15-19-14-31-23(25-19)17-8-6-16(2)7-9-17/h6-9,11,13-14,20H,3-5,10,12,15H2,1-2H3. The molecule has 4 aromatic rings. The molecule has 166 valence electrons. The lowest BCUT2D eigenvalue weighted by Crippen LogP contribution is -2.16. The van der Waals surface area contributed by atoms with Gasteiger partial charge in [0.1, 0.15) is 5.01 Å². The van der Waals surface area contributed by atoms with Crippen LogP contribution in [0.1, 0.15) is 35.9 Å². The minimum absolute atomic E-state index is 0.237. The summed E-state index contributed by atoms with van der Waals surface area (Å²) in [5, 5.41) is 15.5. The summed E-state index contributed by atoms with van der Waals surface area (Å²) in [7, 11) is 0. The van der Waals surface area contributed by atoms with Crippen LogP contribution in [0.25, 0.3) is 22.0 Å². The molecule has 0 N–H and O–H groups in total. The number of thioether (sulfide) groups is 1. The van der Waals surface area contributed by atoms with E-state index in [1.165, 1.54) is 16.0 Å². The average molecular weight is 483 g/mol. The molecular weight excluding hydrogens is 456 g/mol. The Labute approximate surface area is 200 Å². The molecule has 5 rings (SSSR count). The molecule has 0 radical (unpaired) electrons. The zero-order chi connectivity index (χ0) is 21.9. The van der Waals surface area contributed by atoms with E-state index >= 15 is 0 Å². The van der Waals surface area contributed by atoms with Crippen molar-refractivity contribution in [1.82, 2.24) is 19.7 Å². The van der Waals surface area contributed by atoms with Gasteiger partial charge in [0.15, 0.2) is 11.0 Å². The summed E-state index contributed by atoms with van der Waals surface area (Å²) in [6.45, 7) is 5.94. The van der Waals surface area contributed by atoms with E-state index < -0.39 is 0 Å². The summed E-state index contributed by atoms with van der Waals surface area (Å²) in [6.07, 6.45) is 3.50. The van der Waals surface area contributed by atoms with Gasteiger partial charge in [0.05, 0.1) is 18.3 Å². The van der Waals surface area contributed by atoms with Gasteiger partial charge in [-0.15, -0.1) is 32.9 Å². The normalized spacial score (nSPS) is 16.1. The first-order valence-corrected chi connectivity index (χ1v) is 13.7. The van der Waals surface area contributed by atoms with E-state index in [0.717, 1.165) is 65.4 Å². The van der Waals surface area contributed by atoms with Crippen LogP contribution >= 0.6 is 34.4 Å². The quantitative estimate of drug-likeness (QED) is 0.269. The van der Waals surface area contributed by atoms with Gasteiger partial charge in [0.25, 0.3) is 0 Å². The van der Waals surface area contributed by atoms with Gasteiger partial charge in [-0.05, 0) is 32.3 Å². The van der Waals surface area contributed by atoms with Gasteiger partial charge in [-0.2, -0.15) is 0 Å². The number of rotatable bonds is 8. The Bertz CT molecular complexity index is 1170. The van der Waals surface area contributed by atoms with E-state index in [9.17, 15) is 0 Å². The predicted molar refractivity (Wildman–Crippen MR) is 134 cm³/mol. The van der Waals surface area contributed by atoms with E-state index in [0.29, 0.717) is 0 Å². The highest BCUT2D eigenvalue weighted by molar-refractivity contribution is 7.98. The van der Waals surface area contributed by atoms with Crippen molar-refractivity contribution in [3.63, 3.8) is 0 Å². The fourth-order valence-electron chi connectivity index (χ4n) is 3.79. The third-order valence-corrected chi connectivity index (χ3v) is 8.61. The molecule has 0 bridgehead atoms. The van der Waals surface area contributed by atoms with E-state index in [1.54, 1.807) is 34.4 Å². The van der Waals surface area contributed by atoms with Gasteiger partial charge in [-0.1, -0.05) is 48.5 Å². The Morgan fingerprint density at radius 2 is 2.00 bits per heavy atom. The van der Waals surface area contributed by atoms with Crippen LogP contribution in [0.4, 0.5) is 0 Å². The SMILES string of the molecule is CCc1cc(-c2nnc(SCc3csc(-c4ccc(C)cc4)n3)n2CC2CCCO2)cs1. The molecule has 1 aliphatic rings. The maximum absolute atomic E-state index is 5.93. The molecule has 0 saturated carbocycles. The third kappa shape index (κ3) is 4.83. The van der Waals surface area contributed by atoms with Crippen LogP contribution < -0.4 is 0 Å². The zero-order valence-electron chi connectivity index (χ0n) is 18.3. The second kappa shape index (κ2) is 9.87. The highest BCUT2D eigenvalue weighted by Crippen LogP contribution is 2.32. The van der Waals surface area contributed by atoms with Crippen molar-refractivity contribution in [3.8, 4) is 22.0 Å². The van der Waals surface area contributed by atoms with Crippen LogP contribution in [0, 0.1) is 6.92 Å². The summed E-state index contributed by atoms with van der Waals surface area (Å²) >= 11 is 5.19. The second-order valence-corrected chi connectivity index (χ2v) is 10.8. The first-order chi connectivity index (χ1) is 15.7. The Balaban J connectivity index is 1.35. The van der Waals surface area contributed by atoms with Crippen LogP contribution in [-0.2, 0) is 23.5 Å². The van der Waals surface area contributed by atoms with Gasteiger partial charge in [0.2, 0.25) is 0 Å². The van der Waals surface area contributed by atoms with Crippen molar-refractivity contribution >= 4 is 34.4 Å². The Hall–Kier alpha value is -2.00. The first-order valence-electron chi connectivity index (χ1n) is 11.0. The molecule has 1 saturated heterocycles. The Morgan fingerprint density at radius 1 is 1.12 bits per heavy atom. The summed E-state index contributed by atoms with van der Waals surface area (Å²) in [6, 6.07) is 10.8. The molecule has 5 nitrogen and oxygen atoms in total. The maximum Gasteiger partial charge on any atom is 0.191 e. The number of benzene rings is 1. The topological polar surface area (TPSA) is 52.8 Å². The largest absolute Gasteiger partial charge is 0.376 e. The van der Waals surface area contributed by atoms with E-state index in [1.807, 2.05) is 0 Å². The molecule has 8 heteroatoms. The zero-order valence-corrected chi connectivity index (χ0v) is 20.7. The van der Waals surface area contributed by atoms with Crippen LogP contribution in [0.2, 0.25) is 0 Å². The van der Waals surface area contributed by atoms with Crippen LogP contribution in [0.15, 0.2) is 46.2 Å². The molecule has 1 unspecified atom stereocenters. The number of thiophene rings is 1. The van der Waals surface area contributed by atoms with Gasteiger partial charge in [-0.25, -0.2) is 4.98 Å². The summed E-state index contributed by atoms with van der Waals surface area (Å²) in [4.78, 5) is 6.22. The van der Waals surface area contributed by atoms with Gasteiger partial charge in [0, 0.05) is 39.1 Å². The molecule has 1 aromatic carbocycles. The van der Waals surface area contributed by atoms with Crippen molar-refractivity contribution < 1.29 is 4.74 Å². The molecule has 1 fully saturated rings. The smallest absolute Gasteiger partial charge is 0.191 e. The number of aryl methyl sites for hydroxylation is 2. The minimum Gasteiger partial charge on any atom is -0.376 e. The van der Waals surface area contributed by atoms with Crippen molar-refractivity contribution in [2.75, 3.05) is 6.61 Å². The highest BCUT2D eigenvalue weighted by atomic mass is 32.2. The maximum atomic E-state index is 5.93. The molecule has 1 atom stereocenters. The Kier molecular flexibility index (Phi) is 6.73. The fraction of sp³-hybridized carbons (Fsp3) is 0.375. The lowest BCUT2D eigenvalue weighted by molar-refractivity contribution is 0.0953. The lowest BCUT2D eigenvalue weighted by Gasteiger charge is -2.14. The number of thiazole rings is 1.